The van der Waals surface area contributed by atoms with E-state index in [0.29, 0.717) is 18.4 Å². The number of carbonyl (C=O) groups is 1. The Morgan fingerprint density at radius 2 is 2.10 bits per heavy atom. The molecule has 0 aliphatic heterocycles. The zero-order valence-corrected chi connectivity index (χ0v) is 13.6. The fourth-order valence-electron chi connectivity index (χ4n) is 1.54. The van der Waals surface area contributed by atoms with Gasteiger partial charge in [-0.15, -0.1) is 10.2 Å². The highest BCUT2D eigenvalue weighted by molar-refractivity contribution is 7.13. The number of rotatable bonds is 6. The van der Waals surface area contributed by atoms with Crippen LogP contribution in [0.2, 0.25) is 0 Å². The Hall–Kier alpha value is -1.37. The van der Waals surface area contributed by atoms with Gasteiger partial charge in [-0.05, 0) is 32.6 Å². The van der Waals surface area contributed by atoms with Gasteiger partial charge in [0.25, 0.3) is 0 Å². The molecular weight excluding hydrogens is 276 g/mol. The third kappa shape index (κ3) is 6.70. The van der Waals surface area contributed by atoms with Crippen molar-refractivity contribution < 1.29 is 9.53 Å². The predicted molar refractivity (Wildman–Crippen MR) is 81.0 cm³/mol. The first kappa shape index (κ1) is 16.7. The van der Waals surface area contributed by atoms with E-state index in [1.165, 1.54) is 11.3 Å². The smallest absolute Gasteiger partial charge is 0.407 e. The molecule has 0 spiro atoms. The molecule has 20 heavy (non-hydrogen) atoms. The Morgan fingerprint density at radius 1 is 1.40 bits per heavy atom. The van der Waals surface area contributed by atoms with Gasteiger partial charge in [0.2, 0.25) is 5.13 Å². The van der Waals surface area contributed by atoms with Gasteiger partial charge in [0.15, 0.2) is 0 Å². The van der Waals surface area contributed by atoms with E-state index in [4.69, 9.17) is 4.74 Å². The maximum atomic E-state index is 11.6. The molecule has 0 saturated heterocycles. The Labute approximate surface area is 124 Å². The SMILES string of the molecule is CC(C)C(CNC(=O)OC(C)(C)C)CNc1nncs1. The lowest BCUT2D eigenvalue weighted by atomic mass is 9.96. The summed E-state index contributed by atoms with van der Waals surface area (Å²) in [5.74, 6) is 0.733. The van der Waals surface area contributed by atoms with Crippen LogP contribution in [0.4, 0.5) is 9.93 Å². The van der Waals surface area contributed by atoms with Crippen LogP contribution in [-0.4, -0.2) is 35.0 Å². The number of amides is 1. The Morgan fingerprint density at radius 3 is 2.60 bits per heavy atom. The predicted octanol–water partition coefficient (Wildman–Crippen LogP) is 2.75. The normalized spacial score (nSPS) is 13.1. The first-order valence-corrected chi connectivity index (χ1v) is 7.63. The number of alkyl carbamates (subject to hydrolysis) is 1. The van der Waals surface area contributed by atoms with Gasteiger partial charge >= 0.3 is 6.09 Å². The second kappa shape index (κ2) is 7.42. The molecule has 1 atom stereocenters. The number of anilines is 1. The lowest BCUT2D eigenvalue weighted by Crippen LogP contribution is -2.38. The molecule has 1 amide bonds. The summed E-state index contributed by atoms with van der Waals surface area (Å²) in [5, 5.41) is 14.6. The van der Waals surface area contributed by atoms with E-state index in [1.807, 2.05) is 20.8 Å². The van der Waals surface area contributed by atoms with Crippen LogP contribution in [0, 0.1) is 11.8 Å². The summed E-state index contributed by atoms with van der Waals surface area (Å²) in [6, 6.07) is 0. The van der Waals surface area contributed by atoms with Crippen LogP contribution in [0.5, 0.6) is 0 Å². The average Bonchev–Trinajstić information content (AvgIpc) is 2.78. The molecule has 2 N–H and O–H groups in total. The molecule has 6 nitrogen and oxygen atoms in total. The van der Waals surface area contributed by atoms with Crippen LogP contribution in [0.25, 0.3) is 0 Å². The van der Waals surface area contributed by atoms with Crippen LogP contribution in [0.1, 0.15) is 34.6 Å². The number of carbonyl (C=O) groups excluding carboxylic acids is 1. The van der Waals surface area contributed by atoms with Gasteiger partial charge in [0, 0.05) is 13.1 Å². The molecule has 114 valence electrons. The highest BCUT2D eigenvalue weighted by Gasteiger charge is 2.19. The van der Waals surface area contributed by atoms with Crippen LogP contribution in [0.15, 0.2) is 5.51 Å². The quantitative estimate of drug-likeness (QED) is 0.845. The maximum absolute atomic E-state index is 11.6. The lowest BCUT2D eigenvalue weighted by Gasteiger charge is -2.24. The largest absolute Gasteiger partial charge is 0.444 e. The second-order valence-corrected chi connectivity index (χ2v) is 6.84. The van der Waals surface area contributed by atoms with E-state index in [9.17, 15) is 4.79 Å². The maximum Gasteiger partial charge on any atom is 0.407 e. The summed E-state index contributed by atoms with van der Waals surface area (Å²) in [6.07, 6.45) is -0.376. The number of nitrogens with zero attached hydrogens (tertiary/aromatic N) is 2. The fraction of sp³-hybridized carbons (Fsp3) is 0.769. The van der Waals surface area contributed by atoms with Crippen molar-refractivity contribution in [3.8, 4) is 0 Å². The first-order valence-electron chi connectivity index (χ1n) is 6.75. The summed E-state index contributed by atoms with van der Waals surface area (Å²) in [4.78, 5) is 11.6. The van der Waals surface area contributed by atoms with Crippen molar-refractivity contribution in [2.24, 2.45) is 11.8 Å². The van der Waals surface area contributed by atoms with Crippen molar-refractivity contribution in [3.63, 3.8) is 0 Å². The topological polar surface area (TPSA) is 76.1 Å². The minimum absolute atomic E-state index is 0.298. The minimum Gasteiger partial charge on any atom is -0.444 e. The summed E-state index contributed by atoms with van der Waals surface area (Å²) >= 11 is 1.46. The number of nitrogens with one attached hydrogen (secondary N) is 2. The van der Waals surface area contributed by atoms with E-state index in [-0.39, 0.29) is 6.09 Å². The molecule has 1 heterocycles. The Bertz CT molecular complexity index is 401. The van der Waals surface area contributed by atoms with E-state index >= 15 is 0 Å². The van der Waals surface area contributed by atoms with E-state index < -0.39 is 5.60 Å². The van der Waals surface area contributed by atoms with Crippen LogP contribution < -0.4 is 10.6 Å². The van der Waals surface area contributed by atoms with Crippen molar-refractivity contribution >= 4 is 22.6 Å². The fourth-order valence-corrected chi connectivity index (χ4v) is 2.00. The molecule has 0 aliphatic rings. The molecular formula is C13H24N4O2S. The zero-order chi connectivity index (χ0) is 15.2. The third-order valence-electron chi connectivity index (χ3n) is 2.73. The molecule has 0 aromatic carbocycles. The standard InChI is InChI=1S/C13H24N4O2S/c1-9(2)10(6-14-11-17-16-8-20-11)7-15-12(18)19-13(3,4)5/h8-10H,6-7H2,1-5H3,(H,14,17)(H,15,18). The summed E-state index contributed by atoms with van der Waals surface area (Å²) in [7, 11) is 0. The van der Waals surface area contributed by atoms with Crippen molar-refractivity contribution in [3.05, 3.63) is 5.51 Å². The lowest BCUT2D eigenvalue weighted by molar-refractivity contribution is 0.0516. The third-order valence-corrected chi connectivity index (χ3v) is 3.37. The van der Waals surface area contributed by atoms with Gasteiger partial charge in [-0.1, -0.05) is 25.2 Å². The van der Waals surface area contributed by atoms with Crippen LogP contribution in [-0.2, 0) is 4.74 Å². The molecule has 0 radical (unpaired) electrons. The zero-order valence-electron chi connectivity index (χ0n) is 12.8. The van der Waals surface area contributed by atoms with Gasteiger partial charge in [-0.2, -0.15) is 0 Å². The summed E-state index contributed by atoms with van der Waals surface area (Å²) in [5.41, 5.74) is 1.22. The Kier molecular flexibility index (Phi) is 6.19. The van der Waals surface area contributed by atoms with Crippen LogP contribution in [0.3, 0.4) is 0 Å². The molecule has 0 saturated carbocycles. The van der Waals surface area contributed by atoms with Gasteiger partial charge in [-0.25, -0.2) is 4.79 Å². The monoisotopic (exact) mass is 300 g/mol. The summed E-state index contributed by atoms with van der Waals surface area (Å²) < 4.78 is 5.23. The molecule has 1 rings (SSSR count). The molecule has 1 aromatic rings. The molecule has 7 heteroatoms. The molecule has 1 unspecified atom stereocenters. The second-order valence-electron chi connectivity index (χ2n) is 6.01. The van der Waals surface area contributed by atoms with Crippen molar-refractivity contribution in [2.75, 3.05) is 18.4 Å². The highest BCUT2D eigenvalue weighted by Crippen LogP contribution is 2.14. The molecule has 0 aliphatic carbocycles. The average molecular weight is 300 g/mol. The number of hydrogen-bond donors (Lipinski definition) is 2. The first-order chi connectivity index (χ1) is 9.28. The van der Waals surface area contributed by atoms with E-state index in [2.05, 4.69) is 34.7 Å². The van der Waals surface area contributed by atoms with Crippen molar-refractivity contribution in [1.82, 2.24) is 15.5 Å². The van der Waals surface area contributed by atoms with Gasteiger partial charge in [-0.3, -0.25) is 0 Å². The Balaban J connectivity index is 2.37. The summed E-state index contributed by atoms with van der Waals surface area (Å²) in [6.45, 7) is 11.1. The van der Waals surface area contributed by atoms with Crippen molar-refractivity contribution in [2.45, 2.75) is 40.2 Å². The van der Waals surface area contributed by atoms with Gasteiger partial charge in [0.05, 0.1) is 0 Å². The number of hydrogen-bond acceptors (Lipinski definition) is 6. The molecule has 0 fully saturated rings. The van der Waals surface area contributed by atoms with Crippen LogP contribution >= 0.6 is 11.3 Å². The van der Waals surface area contributed by atoms with Gasteiger partial charge in [0.1, 0.15) is 11.1 Å². The van der Waals surface area contributed by atoms with E-state index in [1.54, 1.807) is 5.51 Å². The highest BCUT2D eigenvalue weighted by atomic mass is 32.1. The van der Waals surface area contributed by atoms with Gasteiger partial charge < -0.3 is 15.4 Å². The van der Waals surface area contributed by atoms with Crippen molar-refractivity contribution in [1.29, 1.82) is 0 Å². The minimum atomic E-state index is -0.470. The molecule has 0 bridgehead atoms. The number of ether oxygens (including phenoxy) is 1. The number of aromatic nitrogens is 2. The van der Waals surface area contributed by atoms with E-state index in [0.717, 1.165) is 11.7 Å². The molecule has 1 aromatic heterocycles.